The van der Waals surface area contributed by atoms with Crippen LogP contribution >= 0.6 is 0 Å². The van der Waals surface area contributed by atoms with E-state index in [1.165, 1.54) is 0 Å². The number of aromatic nitrogens is 4. The number of halogens is 3. The quantitative estimate of drug-likeness (QED) is 0.918. The molecular formula is C15H18F3N5O. The molecule has 9 heteroatoms. The van der Waals surface area contributed by atoms with Crippen LogP contribution < -0.4 is 5.32 Å². The molecule has 2 aromatic rings. The molecular weight excluding hydrogens is 323 g/mol. The largest absolute Gasteiger partial charge is 0.434 e. The Bertz CT molecular complexity index is 734. The summed E-state index contributed by atoms with van der Waals surface area (Å²) in [6, 6.07) is 1.77. The molecule has 0 aliphatic carbocycles. The molecule has 0 bridgehead atoms. The first-order valence-corrected chi connectivity index (χ1v) is 7.69. The molecule has 1 amide bonds. The van der Waals surface area contributed by atoms with Crippen molar-refractivity contribution in [2.45, 2.75) is 32.0 Å². The number of carbonyl (C=O) groups excluding carboxylic acids is 1. The Hall–Kier alpha value is -2.32. The van der Waals surface area contributed by atoms with Gasteiger partial charge in [-0.05, 0) is 18.4 Å². The second-order valence-corrected chi connectivity index (χ2v) is 6.06. The number of carbonyl (C=O) groups is 1. The van der Waals surface area contributed by atoms with Crippen LogP contribution in [0.4, 0.5) is 13.2 Å². The van der Waals surface area contributed by atoms with Gasteiger partial charge in [0.05, 0.1) is 12.1 Å². The molecule has 1 unspecified atom stereocenters. The normalized spacial score (nSPS) is 17.6. The lowest BCUT2D eigenvalue weighted by Gasteiger charge is -2.23. The van der Waals surface area contributed by atoms with Gasteiger partial charge in [-0.1, -0.05) is 0 Å². The van der Waals surface area contributed by atoms with E-state index in [1.807, 2.05) is 0 Å². The van der Waals surface area contributed by atoms with Crippen LogP contribution in [0.1, 0.15) is 23.6 Å². The van der Waals surface area contributed by atoms with Gasteiger partial charge in [0.15, 0.2) is 5.69 Å². The van der Waals surface area contributed by atoms with Crippen molar-refractivity contribution in [3.8, 4) is 0 Å². The molecule has 1 atom stereocenters. The van der Waals surface area contributed by atoms with E-state index in [0.29, 0.717) is 37.4 Å². The number of alkyl halides is 3. The lowest BCUT2D eigenvalue weighted by atomic mass is 9.99. The molecule has 1 N–H and O–H groups in total. The SMILES string of the molecule is Cn1ccc(CC(=O)NCC2CCc3nc(C(F)(F)F)cn3C2)n1. The predicted molar refractivity (Wildman–Crippen MR) is 79.0 cm³/mol. The van der Waals surface area contributed by atoms with Gasteiger partial charge in [-0.25, -0.2) is 4.98 Å². The first-order valence-electron chi connectivity index (χ1n) is 7.69. The Kier molecular flexibility index (Phi) is 4.33. The number of imidazole rings is 1. The maximum absolute atomic E-state index is 12.7. The molecule has 0 radical (unpaired) electrons. The van der Waals surface area contributed by atoms with E-state index in [9.17, 15) is 18.0 Å². The Morgan fingerprint density at radius 3 is 2.92 bits per heavy atom. The van der Waals surface area contributed by atoms with E-state index in [-0.39, 0.29) is 18.2 Å². The van der Waals surface area contributed by atoms with Crippen molar-refractivity contribution in [2.75, 3.05) is 6.54 Å². The summed E-state index contributed by atoms with van der Waals surface area (Å²) in [5, 5.41) is 6.97. The number of fused-ring (bicyclic) bond motifs is 1. The number of hydrogen-bond acceptors (Lipinski definition) is 3. The smallest absolute Gasteiger partial charge is 0.355 e. The van der Waals surface area contributed by atoms with Gasteiger partial charge in [0.25, 0.3) is 0 Å². The zero-order valence-electron chi connectivity index (χ0n) is 13.2. The Morgan fingerprint density at radius 1 is 1.46 bits per heavy atom. The van der Waals surface area contributed by atoms with Crippen molar-refractivity contribution in [1.82, 2.24) is 24.6 Å². The average molecular weight is 341 g/mol. The highest BCUT2D eigenvalue weighted by Gasteiger charge is 2.35. The van der Waals surface area contributed by atoms with Crippen LogP contribution in [0, 0.1) is 5.92 Å². The second kappa shape index (κ2) is 6.29. The third-order valence-corrected chi connectivity index (χ3v) is 4.08. The highest BCUT2D eigenvalue weighted by atomic mass is 19.4. The highest BCUT2D eigenvalue weighted by Crippen LogP contribution is 2.30. The maximum atomic E-state index is 12.7. The fourth-order valence-electron chi connectivity index (χ4n) is 2.86. The fraction of sp³-hybridized carbons (Fsp3) is 0.533. The summed E-state index contributed by atoms with van der Waals surface area (Å²) < 4.78 is 41.3. The summed E-state index contributed by atoms with van der Waals surface area (Å²) in [5.74, 6) is 0.417. The first-order chi connectivity index (χ1) is 11.3. The maximum Gasteiger partial charge on any atom is 0.434 e. The molecule has 1 aliphatic rings. The molecule has 3 rings (SSSR count). The van der Waals surface area contributed by atoms with Crippen LogP contribution in [0.3, 0.4) is 0 Å². The third kappa shape index (κ3) is 3.77. The van der Waals surface area contributed by atoms with E-state index in [2.05, 4.69) is 15.4 Å². The minimum absolute atomic E-state index is 0.0977. The van der Waals surface area contributed by atoms with Gasteiger partial charge in [-0.15, -0.1) is 0 Å². The van der Waals surface area contributed by atoms with E-state index in [1.54, 1.807) is 28.6 Å². The summed E-state index contributed by atoms with van der Waals surface area (Å²) in [6.07, 6.45) is -0.215. The van der Waals surface area contributed by atoms with E-state index in [4.69, 9.17) is 0 Å². The number of hydrogen-bond donors (Lipinski definition) is 1. The number of rotatable bonds is 4. The van der Waals surface area contributed by atoms with Crippen LogP contribution in [-0.2, 0) is 37.4 Å². The molecule has 0 fully saturated rings. The molecule has 1 aliphatic heterocycles. The summed E-state index contributed by atoms with van der Waals surface area (Å²) >= 11 is 0. The molecule has 130 valence electrons. The van der Waals surface area contributed by atoms with Gasteiger partial charge in [0.2, 0.25) is 5.91 Å². The topological polar surface area (TPSA) is 64.7 Å². The van der Waals surface area contributed by atoms with Gasteiger partial charge in [-0.2, -0.15) is 18.3 Å². The van der Waals surface area contributed by atoms with Crippen molar-refractivity contribution in [2.24, 2.45) is 13.0 Å². The monoisotopic (exact) mass is 341 g/mol. The summed E-state index contributed by atoms with van der Waals surface area (Å²) in [4.78, 5) is 15.6. The standard InChI is InChI=1S/C15H18F3N5O/c1-22-5-4-11(21-22)6-14(24)19-7-10-2-3-13-20-12(15(16,17)18)9-23(13)8-10/h4-5,9-10H,2-3,6-8H2,1H3,(H,19,24). The fourth-order valence-corrected chi connectivity index (χ4v) is 2.86. The van der Waals surface area contributed by atoms with Gasteiger partial charge < -0.3 is 9.88 Å². The molecule has 2 aromatic heterocycles. The zero-order valence-corrected chi connectivity index (χ0v) is 13.2. The Balaban J connectivity index is 1.52. The van der Waals surface area contributed by atoms with Crippen LogP contribution in [0.25, 0.3) is 0 Å². The Labute approximate surface area is 136 Å². The van der Waals surface area contributed by atoms with Gasteiger partial charge >= 0.3 is 6.18 Å². The lowest BCUT2D eigenvalue weighted by molar-refractivity contribution is -0.141. The van der Waals surface area contributed by atoms with E-state index < -0.39 is 11.9 Å². The lowest BCUT2D eigenvalue weighted by Crippen LogP contribution is -2.34. The molecule has 0 saturated heterocycles. The molecule has 6 nitrogen and oxygen atoms in total. The van der Waals surface area contributed by atoms with Crippen LogP contribution in [0.15, 0.2) is 18.5 Å². The number of amides is 1. The average Bonchev–Trinajstić information content (AvgIpc) is 3.10. The van der Waals surface area contributed by atoms with Crippen molar-refractivity contribution in [3.63, 3.8) is 0 Å². The number of nitrogens with one attached hydrogen (secondary N) is 1. The van der Waals surface area contributed by atoms with Crippen LogP contribution in [-0.4, -0.2) is 31.8 Å². The second-order valence-electron chi connectivity index (χ2n) is 6.06. The van der Waals surface area contributed by atoms with Gasteiger partial charge in [-0.3, -0.25) is 9.48 Å². The zero-order chi connectivity index (χ0) is 17.3. The number of nitrogens with zero attached hydrogens (tertiary/aromatic N) is 4. The van der Waals surface area contributed by atoms with Gasteiger partial charge in [0, 0.05) is 39.0 Å². The predicted octanol–water partition coefficient (Wildman–Crippen LogP) is 1.56. The van der Waals surface area contributed by atoms with Crippen LogP contribution in [0.5, 0.6) is 0 Å². The minimum Gasteiger partial charge on any atom is -0.355 e. The molecule has 3 heterocycles. The van der Waals surface area contributed by atoms with Crippen LogP contribution in [0.2, 0.25) is 0 Å². The summed E-state index contributed by atoms with van der Waals surface area (Å²) in [6.45, 7) is 0.868. The molecule has 0 saturated carbocycles. The van der Waals surface area contributed by atoms with Crippen molar-refractivity contribution in [1.29, 1.82) is 0 Å². The molecule has 0 spiro atoms. The highest BCUT2D eigenvalue weighted by molar-refractivity contribution is 5.78. The molecule has 24 heavy (non-hydrogen) atoms. The number of aryl methyl sites for hydroxylation is 2. The van der Waals surface area contributed by atoms with Crippen molar-refractivity contribution < 1.29 is 18.0 Å². The first kappa shape index (κ1) is 16.5. The minimum atomic E-state index is -4.42. The summed E-state index contributed by atoms with van der Waals surface area (Å²) in [7, 11) is 1.78. The van der Waals surface area contributed by atoms with Gasteiger partial charge in [0.1, 0.15) is 5.82 Å². The van der Waals surface area contributed by atoms with E-state index >= 15 is 0 Å². The Morgan fingerprint density at radius 2 is 2.25 bits per heavy atom. The van der Waals surface area contributed by atoms with E-state index in [0.717, 1.165) is 6.20 Å². The third-order valence-electron chi connectivity index (χ3n) is 4.08. The summed E-state index contributed by atoms with van der Waals surface area (Å²) in [5.41, 5.74) is -0.164. The van der Waals surface area contributed by atoms with Crippen molar-refractivity contribution >= 4 is 5.91 Å². The van der Waals surface area contributed by atoms with Crippen molar-refractivity contribution in [3.05, 3.63) is 35.7 Å². The molecule has 0 aromatic carbocycles.